The first-order valence-corrected chi connectivity index (χ1v) is 5.64. The molecule has 74 valence electrons. The largest absolute Gasteiger partial charge is 0.332 e. The molecule has 1 aliphatic heterocycles. The molecule has 14 heavy (non-hydrogen) atoms. The third-order valence-electron chi connectivity index (χ3n) is 2.80. The van der Waals surface area contributed by atoms with Crippen LogP contribution in [0.2, 0.25) is 0 Å². The summed E-state index contributed by atoms with van der Waals surface area (Å²) in [5.74, 6) is 0.127. The number of hydrogen-bond donors (Lipinski definition) is 0. The van der Waals surface area contributed by atoms with E-state index in [0.29, 0.717) is 0 Å². The quantitative estimate of drug-likeness (QED) is 0.496. The van der Waals surface area contributed by atoms with Gasteiger partial charge in [0.2, 0.25) is 5.91 Å². The van der Waals surface area contributed by atoms with Crippen LogP contribution in [0.1, 0.15) is 6.42 Å². The lowest BCUT2D eigenvalue weighted by Gasteiger charge is -2.31. The van der Waals surface area contributed by atoms with Gasteiger partial charge in [-0.05, 0) is 18.6 Å². The van der Waals surface area contributed by atoms with Crippen LogP contribution in [0.25, 0.3) is 0 Å². The average Bonchev–Trinajstić information content (AvgIpc) is 2.37. The van der Waals surface area contributed by atoms with E-state index < -0.39 is 0 Å². The number of halogens is 1. The topological polar surface area (TPSA) is 37.4 Å². The van der Waals surface area contributed by atoms with Crippen molar-refractivity contribution in [3.63, 3.8) is 0 Å². The molecular formula is C10H10INO2. The smallest absolute Gasteiger partial charge is 0.236 e. The summed E-state index contributed by atoms with van der Waals surface area (Å²) in [7, 11) is 1.78. The van der Waals surface area contributed by atoms with Gasteiger partial charge in [0.15, 0.2) is 5.78 Å². The summed E-state index contributed by atoms with van der Waals surface area (Å²) >= 11 is 2.15. The molecule has 1 aliphatic carbocycles. The number of likely N-dealkylation sites (tertiary alicyclic amines) is 1. The Bertz CT molecular complexity index is 343. The minimum atomic E-state index is -0.350. The molecule has 3 nitrogen and oxygen atoms in total. The standard InChI is InChI=1S/C10H10INO2/c1-12-9(14)8(11)6-10(12)4-2-7(13)3-5-10/h2-5,8H,6H2,1H3. The molecule has 0 saturated carbocycles. The molecule has 0 aromatic rings. The fraction of sp³-hybridized carbons (Fsp3) is 0.400. The third-order valence-corrected chi connectivity index (χ3v) is 3.77. The number of amides is 1. The number of ketones is 1. The molecule has 2 aliphatic rings. The minimum absolute atomic E-state index is 0.00613. The van der Waals surface area contributed by atoms with E-state index in [1.807, 2.05) is 12.2 Å². The first-order valence-electron chi connectivity index (χ1n) is 4.39. The molecule has 1 heterocycles. The summed E-state index contributed by atoms with van der Waals surface area (Å²) in [4.78, 5) is 24.3. The molecule has 1 saturated heterocycles. The van der Waals surface area contributed by atoms with Crippen molar-refractivity contribution in [2.24, 2.45) is 0 Å². The minimum Gasteiger partial charge on any atom is -0.332 e. The second kappa shape index (κ2) is 3.18. The predicted octanol–water partition coefficient (Wildman–Crippen LogP) is 1.09. The number of carbonyl (C=O) groups is 2. The Balaban J connectivity index is 2.35. The summed E-state index contributed by atoms with van der Waals surface area (Å²) in [6, 6.07) is 0. The molecule has 1 atom stereocenters. The molecule has 1 spiro atoms. The van der Waals surface area contributed by atoms with E-state index in [2.05, 4.69) is 22.6 Å². The van der Waals surface area contributed by atoms with Crippen LogP contribution in [-0.2, 0) is 9.59 Å². The monoisotopic (exact) mass is 303 g/mol. The summed E-state index contributed by atoms with van der Waals surface area (Å²) in [6.07, 6.45) is 7.48. The predicted molar refractivity (Wildman–Crippen MR) is 61.2 cm³/mol. The molecule has 0 aromatic heterocycles. The van der Waals surface area contributed by atoms with Crippen molar-refractivity contribution in [1.29, 1.82) is 0 Å². The SMILES string of the molecule is CN1C(=O)C(I)CC12C=CC(=O)C=C2. The van der Waals surface area contributed by atoms with Crippen molar-refractivity contribution in [2.75, 3.05) is 7.05 Å². The zero-order valence-corrected chi connectivity index (χ0v) is 9.89. The highest BCUT2D eigenvalue weighted by molar-refractivity contribution is 14.1. The van der Waals surface area contributed by atoms with Crippen LogP contribution < -0.4 is 0 Å². The normalized spacial score (nSPS) is 29.3. The van der Waals surface area contributed by atoms with E-state index in [4.69, 9.17) is 0 Å². The highest BCUT2D eigenvalue weighted by Gasteiger charge is 2.45. The molecule has 1 amide bonds. The Labute approximate surface area is 96.0 Å². The zero-order valence-electron chi connectivity index (χ0n) is 7.74. The molecule has 0 N–H and O–H groups in total. The Hall–Kier alpha value is -0.650. The Morgan fingerprint density at radius 2 is 2.00 bits per heavy atom. The number of hydrogen-bond acceptors (Lipinski definition) is 2. The number of nitrogens with zero attached hydrogens (tertiary/aromatic N) is 1. The third kappa shape index (κ3) is 1.32. The van der Waals surface area contributed by atoms with Crippen LogP contribution in [0, 0.1) is 0 Å². The van der Waals surface area contributed by atoms with Crippen molar-refractivity contribution in [3.8, 4) is 0 Å². The van der Waals surface area contributed by atoms with E-state index in [1.54, 1.807) is 24.1 Å². The van der Waals surface area contributed by atoms with Gasteiger partial charge in [0.05, 0.1) is 9.46 Å². The number of likely N-dealkylation sites (N-methyl/N-ethyl adjacent to an activating group) is 1. The second-order valence-electron chi connectivity index (χ2n) is 3.63. The van der Waals surface area contributed by atoms with E-state index in [9.17, 15) is 9.59 Å². The summed E-state index contributed by atoms with van der Waals surface area (Å²) in [6.45, 7) is 0. The zero-order chi connectivity index (χ0) is 10.3. The summed E-state index contributed by atoms with van der Waals surface area (Å²) in [5.41, 5.74) is -0.350. The van der Waals surface area contributed by atoms with Gasteiger partial charge in [0, 0.05) is 7.05 Å². The maximum atomic E-state index is 11.6. The van der Waals surface area contributed by atoms with Crippen molar-refractivity contribution in [2.45, 2.75) is 15.9 Å². The lowest BCUT2D eigenvalue weighted by Crippen LogP contribution is -2.40. The maximum Gasteiger partial charge on any atom is 0.236 e. The maximum absolute atomic E-state index is 11.6. The first kappa shape index (κ1) is 9.89. The number of alkyl halides is 1. The van der Waals surface area contributed by atoms with Gasteiger partial charge in [-0.3, -0.25) is 9.59 Å². The molecule has 1 fully saturated rings. The van der Waals surface area contributed by atoms with E-state index in [1.165, 1.54) is 0 Å². The van der Waals surface area contributed by atoms with Gasteiger partial charge < -0.3 is 4.90 Å². The number of carbonyl (C=O) groups excluding carboxylic acids is 2. The first-order chi connectivity index (χ1) is 6.55. The van der Waals surface area contributed by atoms with Crippen LogP contribution in [0.15, 0.2) is 24.3 Å². The van der Waals surface area contributed by atoms with Crippen LogP contribution in [-0.4, -0.2) is 33.1 Å². The number of allylic oxidation sites excluding steroid dienone is 2. The lowest BCUT2D eigenvalue weighted by molar-refractivity contribution is -0.127. The van der Waals surface area contributed by atoms with Crippen LogP contribution in [0.5, 0.6) is 0 Å². The fourth-order valence-corrected chi connectivity index (χ4v) is 2.97. The van der Waals surface area contributed by atoms with Gasteiger partial charge in [-0.2, -0.15) is 0 Å². The van der Waals surface area contributed by atoms with Crippen molar-refractivity contribution >= 4 is 34.3 Å². The van der Waals surface area contributed by atoms with Crippen molar-refractivity contribution in [1.82, 2.24) is 4.90 Å². The lowest BCUT2D eigenvalue weighted by atomic mass is 9.91. The molecule has 0 aromatic carbocycles. The molecule has 0 radical (unpaired) electrons. The Morgan fingerprint density at radius 1 is 1.43 bits per heavy atom. The van der Waals surface area contributed by atoms with Crippen LogP contribution >= 0.6 is 22.6 Å². The summed E-state index contributed by atoms with van der Waals surface area (Å²) < 4.78 is 0.0140. The van der Waals surface area contributed by atoms with Crippen LogP contribution in [0.4, 0.5) is 0 Å². The second-order valence-corrected chi connectivity index (χ2v) is 5.13. The van der Waals surface area contributed by atoms with Crippen molar-refractivity contribution < 1.29 is 9.59 Å². The van der Waals surface area contributed by atoms with Gasteiger partial charge in [0.25, 0.3) is 0 Å². The summed E-state index contributed by atoms with van der Waals surface area (Å²) in [5, 5.41) is 0. The molecular weight excluding hydrogens is 293 g/mol. The molecule has 2 rings (SSSR count). The molecule has 4 heteroatoms. The Kier molecular flexibility index (Phi) is 2.25. The van der Waals surface area contributed by atoms with E-state index >= 15 is 0 Å². The number of rotatable bonds is 0. The Morgan fingerprint density at radius 3 is 2.43 bits per heavy atom. The van der Waals surface area contributed by atoms with Crippen molar-refractivity contribution in [3.05, 3.63) is 24.3 Å². The molecule has 0 bridgehead atoms. The highest BCUT2D eigenvalue weighted by Crippen LogP contribution is 2.36. The van der Waals surface area contributed by atoms with Gasteiger partial charge >= 0.3 is 0 Å². The van der Waals surface area contributed by atoms with Gasteiger partial charge in [-0.1, -0.05) is 34.7 Å². The highest BCUT2D eigenvalue weighted by atomic mass is 127. The van der Waals surface area contributed by atoms with Crippen LogP contribution in [0.3, 0.4) is 0 Å². The van der Waals surface area contributed by atoms with Gasteiger partial charge in [-0.15, -0.1) is 0 Å². The van der Waals surface area contributed by atoms with Gasteiger partial charge in [0.1, 0.15) is 0 Å². The van der Waals surface area contributed by atoms with Gasteiger partial charge in [-0.25, -0.2) is 0 Å². The fourth-order valence-electron chi connectivity index (χ4n) is 1.85. The van der Waals surface area contributed by atoms with E-state index in [0.717, 1.165) is 6.42 Å². The molecule has 1 unspecified atom stereocenters. The average molecular weight is 303 g/mol. The van der Waals surface area contributed by atoms with E-state index in [-0.39, 0.29) is 21.2 Å².